The van der Waals surface area contributed by atoms with Gasteiger partial charge in [0.15, 0.2) is 0 Å². The molecule has 0 bridgehead atoms. The summed E-state index contributed by atoms with van der Waals surface area (Å²) >= 11 is 0. The fourth-order valence-electron chi connectivity index (χ4n) is 2.60. The van der Waals surface area contributed by atoms with E-state index in [0.29, 0.717) is 6.10 Å². The number of anilines is 1. The molecule has 1 atom stereocenters. The molecule has 0 spiro atoms. The van der Waals surface area contributed by atoms with Gasteiger partial charge in [0.1, 0.15) is 0 Å². The van der Waals surface area contributed by atoms with Gasteiger partial charge in [0.25, 0.3) is 0 Å². The van der Waals surface area contributed by atoms with Crippen molar-refractivity contribution in [2.24, 2.45) is 0 Å². The molecule has 0 saturated carbocycles. The number of benzene rings is 1. The molecular weight excluding hydrogens is 226 g/mol. The summed E-state index contributed by atoms with van der Waals surface area (Å²) in [4.78, 5) is 2.26. The van der Waals surface area contributed by atoms with Crippen molar-refractivity contribution in [3.63, 3.8) is 0 Å². The monoisotopic (exact) mass is 249 g/mol. The first-order valence-electron chi connectivity index (χ1n) is 6.74. The minimum absolute atomic E-state index is 0.108. The van der Waals surface area contributed by atoms with E-state index in [1.165, 1.54) is 24.1 Å². The van der Waals surface area contributed by atoms with Crippen LogP contribution in [0.15, 0.2) is 18.2 Å². The molecule has 1 aromatic carbocycles. The third kappa shape index (κ3) is 3.24. The lowest BCUT2D eigenvalue weighted by atomic mass is 10.1. The maximum atomic E-state index is 9.12. The molecule has 1 saturated heterocycles. The van der Waals surface area contributed by atoms with Gasteiger partial charge in [0.2, 0.25) is 0 Å². The Balaban J connectivity index is 2.01. The molecule has 1 heterocycles. The molecule has 1 unspecified atom stereocenters. The van der Waals surface area contributed by atoms with Crippen molar-refractivity contribution in [2.45, 2.75) is 38.9 Å². The van der Waals surface area contributed by atoms with E-state index in [1.54, 1.807) is 0 Å². The average molecular weight is 249 g/mol. The molecule has 1 aliphatic heterocycles. The Kier molecular flexibility index (Phi) is 4.61. The summed E-state index contributed by atoms with van der Waals surface area (Å²) in [6.07, 6.45) is 4.00. The number of hydrogen-bond acceptors (Lipinski definition) is 3. The maximum Gasteiger partial charge on any atom is 0.0749 e. The zero-order chi connectivity index (χ0) is 13.0. The second-order valence-corrected chi connectivity index (χ2v) is 5.15. The van der Waals surface area contributed by atoms with E-state index in [-0.39, 0.29) is 6.61 Å². The topological polar surface area (TPSA) is 32.7 Å². The van der Waals surface area contributed by atoms with E-state index < -0.39 is 0 Å². The molecule has 3 heteroatoms. The molecule has 1 aromatic rings. The molecule has 0 radical (unpaired) electrons. The second kappa shape index (κ2) is 6.21. The first-order chi connectivity index (χ1) is 8.70. The molecule has 0 amide bonds. The Bertz CT molecular complexity index is 386. The molecule has 18 heavy (non-hydrogen) atoms. The van der Waals surface area contributed by atoms with Crippen LogP contribution < -0.4 is 4.90 Å². The Labute approximate surface area is 109 Å². The summed E-state index contributed by atoms with van der Waals surface area (Å²) in [5.41, 5.74) is 3.40. The lowest BCUT2D eigenvalue weighted by Gasteiger charge is -2.29. The SMILES string of the molecule is Cc1cc(CO)ccc1N(C)CC1CCCCO1. The molecule has 1 N–H and O–H groups in total. The Morgan fingerprint density at radius 3 is 2.83 bits per heavy atom. The van der Waals surface area contributed by atoms with Crippen molar-refractivity contribution in [2.75, 3.05) is 25.1 Å². The molecule has 2 rings (SSSR count). The predicted molar refractivity (Wildman–Crippen MR) is 74.0 cm³/mol. The minimum Gasteiger partial charge on any atom is -0.392 e. The van der Waals surface area contributed by atoms with Gasteiger partial charge in [-0.1, -0.05) is 12.1 Å². The Morgan fingerprint density at radius 1 is 1.39 bits per heavy atom. The normalized spacial score (nSPS) is 19.8. The molecule has 0 aliphatic carbocycles. The smallest absolute Gasteiger partial charge is 0.0749 e. The Hall–Kier alpha value is -1.06. The van der Waals surface area contributed by atoms with Gasteiger partial charge < -0.3 is 14.7 Å². The van der Waals surface area contributed by atoms with E-state index in [9.17, 15) is 0 Å². The van der Waals surface area contributed by atoms with E-state index in [0.717, 1.165) is 25.1 Å². The fourth-order valence-corrected chi connectivity index (χ4v) is 2.60. The number of nitrogens with zero attached hydrogens (tertiary/aromatic N) is 1. The predicted octanol–water partition coefficient (Wildman–Crippen LogP) is 2.49. The van der Waals surface area contributed by atoms with Crippen molar-refractivity contribution in [1.29, 1.82) is 0 Å². The lowest BCUT2D eigenvalue weighted by Crippen LogP contribution is -2.33. The Morgan fingerprint density at radius 2 is 2.22 bits per heavy atom. The van der Waals surface area contributed by atoms with Crippen molar-refractivity contribution in [3.05, 3.63) is 29.3 Å². The number of rotatable bonds is 4. The van der Waals surface area contributed by atoms with Gasteiger partial charge in [-0.2, -0.15) is 0 Å². The van der Waals surface area contributed by atoms with Gasteiger partial charge in [-0.25, -0.2) is 0 Å². The third-order valence-corrected chi connectivity index (χ3v) is 3.61. The number of aliphatic hydroxyl groups excluding tert-OH is 1. The van der Waals surface area contributed by atoms with Crippen LogP contribution in [-0.4, -0.2) is 31.4 Å². The highest BCUT2D eigenvalue weighted by atomic mass is 16.5. The summed E-state index contributed by atoms with van der Waals surface area (Å²) in [7, 11) is 2.11. The third-order valence-electron chi connectivity index (χ3n) is 3.61. The van der Waals surface area contributed by atoms with E-state index >= 15 is 0 Å². The minimum atomic E-state index is 0.108. The second-order valence-electron chi connectivity index (χ2n) is 5.15. The van der Waals surface area contributed by atoms with Gasteiger partial charge in [0.05, 0.1) is 12.7 Å². The molecule has 0 aromatic heterocycles. The molecule has 100 valence electrons. The number of aryl methyl sites for hydroxylation is 1. The van der Waals surface area contributed by atoms with Crippen LogP contribution in [0, 0.1) is 6.92 Å². The van der Waals surface area contributed by atoms with Crippen LogP contribution in [0.5, 0.6) is 0 Å². The van der Waals surface area contributed by atoms with Crippen LogP contribution >= 0.6 is 0 Å². The zero-order valence-electron chi connectivity index (χ0n) is 11.4. The van der Waals surface area contributed by atoms with Crippen LogP contribution in [0.25, 0.3) is 0 Å². The van der Waals surface area contributed by atoms with Gasteiger partial charge in [0, 0.05) is 25.9 Å². The number of hydrogen-bond donors (Lipinski definition) is 1. The highest BCUT2D eigenvalue weighted by Gasteiger charge is 2.16. The van der Waals surface area contributed by atoms with Gasteiger partial charge in [-0.05, 0) is 43.4 Å². The van der Waals surface area contributed by atoms with Gasteiger partial charge in [-0.15, -0.1) is 0 Å². The van der Waals surface area contributed by atoms with E-state index in [4.69, 9.17) is 9.84 Å². The summed E-state index contributed by atoms with van der Waals surface area (Å²) in [6.45, 7) is 4.05. The van der Waals surface area contributed by atoms with Crippen LogP contribution in [0.4, 0.5) is 5.69 Å². The largest absolute Gasteiger partial charge is 0.392 e. The number of aliphatic hydroxyl groups is 1. The summed E-state index contributed by atoms with van der Waals surface area (Å²) < 4.78 is 5.77. The first kappa shape index (κ1) is 13.4. The molecule has 1 aliphatic rings. The van der Waals surface area contributed by atoms with Crippen molar-refractivity contribution >= 4 is 5.69 Å². The zero-order valence-corrected chi connectivity index (χ0v) is 11.4. The van der Waals surface area contributed by atoms with Crippen molar-refractivity contribution in [3.8, 4) is 0 Å². The van der Waals surface area contributed by atoms with Gasteiger partial charge in [-0.3, -0.25) is 0 Å². The van der Waals surface area contributed by atoms with E-state index in [2.05, 4.69) is 24.9 Å². The fraction of sp³-hybridized carbons (Fsp3) is 0.600. The van der Waals surface area contributed by atoms with Crippen LogP contribution in [-0.2, 0) is 11.3 Å². The van der Waals surface area contributed by atoms with Crippen molar-refractivity contribution in [1.82, 2.24) is 0 Å². The average Bonchev–Trinajstić information content (AvgIpc) is 2.39. The van der Waals surface area contributed by atoms with Gasteiger partial charge >= 0.3 is 0 Å². The number of ether oxygens (including phenoxy) is 1. The quantitative estimate of drug-likeness (QED) is 0.890. The highest BCUT2D eigenvalue weighted by Crippen LogP contribution is 2.22. The summed E-state index contributed by atoms with van der Waals surface area (Å²) in [5, 5.41) is 9.12. The van der Waals surface area contributed by atoms with Crippen LogP contribution in [0.2, 0.25) is 0 Å². The summed E-state index contributed by atoms with van der Waals surface area (Å²) in [5.74, 6) is 0. The highest BCUT2D eigenvalue weighted by molar-refractivity contribution is 5.53. The standard InChI is InChI=1S/C15H23NO2/c1-12-9-13(11-17)6-7-15(12)16(2)10-14-5-3-4-8-18-14/h6-7,9,14,17H,3-5,8,10-11H2,1-2H3. The number of likely N-dealkylation sites (N-methyl/N-ethyl adjacent to an activating group) is 1. The molecular formula is C15H23NO2. The van der Waals surface area contributed by atoms with E-state index in [1.807, 2.05) is 12.1 Å². The summed E-state index contributed by atoms with van der Waals surface area (Å²) in [6, 6.07) is 6.12. The molecule has 1 fully saturated rings. The maximum absolute atomic E-state index is 9.12. The molecule has 3 nitrogen and oxygen atoms in total. The van der Waals surface area contributed by atoms with Crippen molar-refractivity contribution < 1.29 is 9.84 Å². The van der Waals surface area contributed by atoms with Crippen LogP contribution in [0.1, 0.15) is 30.4 Å². The lowest BCUT2D eigenvalue weighted by molar-refractivity contribution is 0.0216. The first-order valence-corrected chi connectivity index (χ1v) is 6.74. The van der Waals surface area contributed by atoms with Crippen LogP contribution in [0.3, 0.4) is 0 Å².